The van der Waals surface area contributed by atoms with Crippen LogP contribution in [0.3, 0.4) is 0 Å². The first-order chi connectivity index (χ1) is 13.0. The van der Waals surface area contributed by atoms with Gasteiger partial charge in [-0.2, -0.15) is 0 Å². The van der Waals surface area contributed by atoms with Crippen LogP contribution >= 0.6 is 0 Å². The van der Waals surface area contributed by atoms with E-state index in [1.165, 1.54) is 0 Å². The number of hydrogen-bond acceptors (Lipinski definition) is 5. The SMILES string of the molecule is CCOc1ccc(S(=O)(=O)NCC(c2cccn2C)N2CCOCC2)cc1. The van der Waals surface area contributed by atoms with Crippen LogP contribution in [0.5, 0.6) is 5.75 Å². The number of nitrogens with one attached hydrogen (secondary N) is 1. The van der Waals surface area contributed by atoms with Crippen LogP contribution in [0.2, 0.25) is 0 Å². The summed E-state index contributed by atoms with van der Waals surface area (Å²) in [5.41, 5.74) is 1.08. The molecule has 0 aliphatic carbocycles. The summed E-state index contributed by atoms with van der Waals surface area (Å²) in [4.78, 5) is 2.50. The Bertz CT molecular complexity index is 827. The van der Waals surface area contributed by atoms with Crippen LogP contribution in [0.1, 0.15) is 18.7 Å². The Kier molecular flexibility index (Phi) is 6.54. The van der Waals surface area contributed by atoms with Gasteiger partial charge in [0, 0.05) is 38.6 Å². The second-order valence-corrected chi connectivity index (χ2v) is 8.23. The van der Waals surface area contributed by atoms with Crippen molar-refractivity contribution >= 4 is 10.0 Å². The number of aromatic nitrogens is 1. The van der Waals surface area contributed by atoms with Crippen molar-refractivity contribution in [3.63, 3.8) is 0 Å². The first-order valence-corrected chi connectivity index (χ1v) is 10.6. The van der Waals surface area contributed by atoms with Gasteiger partial charge < -0.3 is 14.0 Å². The van der Waals surface area contributed by atoms with Crippen LogP contribution in [0, 0.1) is 0 Å². The molecule has 1 saturated heterocycles. The highest BCUT2D eigenvalue weighted by atomic mass is 32.2. The highest BCUT2D eigenvalue weighted by Gasteiger charge is 2.26. The lowest BCUT2D eigenvalue weighted by Gasteiger charge is -2.34. The van der Waals surface area contributed by atoms with Gasteiger partial charge in [0.25, 0.3) is 0 Å². The highest BCUT2D eigenvalue weighted by Crippen LogP contribution is 2.23. The molecule has 0 bridgehead atoms. The van der Waals surface area contributed by atoms with Crippen LogP contribution in [-0.2, 0) is 21.8 Å². The lowest BCUT2D eigenvalue weighted by molar-refractivity contribution is 0.0158. The van der Waals surface area contributed by atoms with Gasteiger partial charge in [-0.25, -0.2) is 13.1 Å². The van der Waals surface area contributed by atoms with E-state index in [4.69, 9.17) is 9.47 Å². The first kappa shape index (κ1) is 19.9. The van der Waals surface area contributed by atoms with Gasteiger partial charge in [-0.05, 0) is 43.3 Å². The topological polar surface area (TPSA) is 72.8 Å². The predicted molar refractivity (Wildman–Crippen MR) is 103 cm³/mol. The normalized spacial score (nSPS) is 17.0. The minimum absolute atomic E-state index is 0.0497. The zero-order valence-electron chi connectivity index (χ0n) is 15.8. The highest BCUT2D eigenvalue weighted by molar-refractivity contribution is 7.89. The maximum absolute atomic E-state index is 12.7. The molecule has 7 nitrogen and oxygen atoms in total. The van der Waals surface area contributed by atoms with Crippen LogP contribution in [-0.4, -0.2) is 57.3 Å². The molecule has 0 amide bonds. The maximum atomic E-state index is 12.7. The molecular formula is C19H27N3O4S. The van der Waals surface area contributed by atoms with Crippen molar-refractivity contribution in [2.24, 2.45) is 7.05 Å². The third kappa shape index (κ3) is 4.90. The number of morpholine rings is 1. The monoisotopic (exact) mass is 393 g/mol. The van der Waals surface area contributed by atoms with E-state index in [0.29, 0.717) is 32.1 Å². The molecular weight excluding hydrogens is 366 g/mol. The number of benzene rings is 1. The lowest BCUT2D eigenvalue weighted by Crippen LogP contribution is -2.44. The number of sulfonamides is 1. The molecule has 1 aliphatic rings. The Morgan fingerprint density at radius 1 is 1.19 bits per heavy atom. The van der Waals surface area contributed by atoms with Crippen molar-refractivity contribution < 1.29 is 17.9 Å². The van der Waals surface area contributed by atoms with Gasteiger partial charge in [0.15, 0.2) is 0 Å². The fourth-order valence-corrected chi connectivity index (χ4v) is 4.32. The van der Waals surface area contributed by atoms with E-state index in [1.54, 1.807) is 24.3 Å². The molecule has 1 aliphatic heterocycles. The molecule has 0 saturated carbocycles. The summed E-state index contributed by atoms with van der Waals surface area (Å²) in [6.07, 6.45) is 1.98. The van der Waals surface area contributed by atoms with E-state index in [0.717, 1.165) is 18.8 Å². The molecule has 1 unspecified atom stereocenters. The summed E-state index contributed by atoms with van der Waals surface area (Å²) in [5.74, 6) is 0.659. The average Bonchev–Trinajstić information content (AvgIpc) is 3.09. The van der Waals surface area contributed by atoms with Crippen molar-refractivity contribution in [2.45, 2.75) is 17.9 Å². The van der Waals surface area contributed by atoms with E-state index < -0.39 is 10.0 Å². The Labute approximate surface area is 160 Å². The predicted octanol–water partition coefficient (Wildman–Crippen LogP) is 1.78. The molecule has 1 fully saturated rings. The molecule has 0 spiro atoms. The summed E-state index contributed by atoms with van der Waals surface area (Å²) in [7, 11) is -1.63. The first-order valence-electron chi connectivity index (χ1n) is 9.17. The number of aryl methyl sites for hydroxylation is 1. The van der Waals surface area contributed by atoms with Crippen molar-refractivity contribution in [3.05, 3.63) is 48.3 Å². The number of ether oxygens (including phenoxy) is 2. The fourth-order valence-electron chi connectivity index (χ4n) is 3.28. The molecule has 1 aromatic carbocycles. The number of nitrogens with zero attached hydrogens (tertiary/aromatic N) is 2. The minimum atomic E-state index is -3.60. The van der Waals surface area contributed by atoms with Gasteiger partial charge in [-0.15, -0.1) is 0 Å². The second kappa shape index (κ2) is 8.88. The standard InChI is InChI=1S/C19H27N3O4S/c1-3-26-16-6-8-17(9-7-16)27(23,24)20-15-19(18-5-4-10-21(18)2)22-11-13-25-14-12-22/h4-10,19-20H,3,11-15H2,1-2H3. The minimum Gasteiger partial charge on any atom is -0.494 e. The van der Waals surface area contributed by atoms with Gasteiger partial charge in [-0.3, -0.25) is 4.90 Å². The molecule has 2 aromatic rings. The Balaban J connectivity index is 1.74. The summed E-state index contributed by atoms with van der Waals surface area (Å²) in [6.45, 7) is 5.61. The van der Waals surface area contributed by atoms with Crippen LogP contribution in [0.4, 0.5) is 0 Å². The smallest absolute Gasteiger partial charge is 0.240 e. The zero-order chi connectivity index (χ0) is 19.3. The molecule has 1 aromatic heterocycles. The largest absolute Gasteiger partial charge is 0.494 e. The van der Waals surface area contributed by atoms with E-state index >= 15 is 0 Å². The van der Waals surface area contributed by atoms with Gasteiger partial charge in [-0.1, -0.05) is 0 Å². The maximum Gasteiger partial charge on any atom is 0.240 e. The van der Waals surface area contributed by atoms with E-state index in [-0.39, 0.29) is 10.9 Å². The van der Waals surface area contributed by atoms with Gasteiger partial charge in [0.05, 0.1) is 30.8 Å². The molecule has 0 radical (unpaired) electrons. The van der Waals surface area contributed by atoms with Gasteiger partial charge in [0.2, 0.25) is 10.0 Å². The molecule has 1 N–H and O–H groups in total. The van der Waals surface area contributed by atoms with E-state index in [1.807, 2.05) is 36.9 Å². The van der Waals surface area contributed by atoms with Crippen molar-refractivity contribution in [1.29, 1.82) is 0 Å². The summed E-state index contributed by atoms with van der Waals surface area (Å²) in [5, 5.41) is 0. The fraction of sp³-hybridized carbons (Fsp3) is 0.474. The number of rotatable bonds is 8. The third-order valence-corrected chi connectivity index (χ3v) is 6.16. The number of hydrogen-bond donors (Lipinski definition) is 1. The molecule has 2 heterocycles. The molecule has 148 valence electrons. The van der Waals surface area contributed by atoms with Crippen LogP contribution < -0.4 is 9.46 Å². The molecule has 1 atom stereocenters. The van der Waals surface area contributed by atoms with Crippen LogP contribution in [0.15, 0.2) is 47.5 Å². The lowest BCUT2D eigenvalue weighted by atomic mass is 10.1. The molecule has 3 rings (SSSR count). The molecule has 27 heavy (non-hydrogen) atoms. The summed E-state index contributed by atoms with van der Waals surface area (Å²) < 4.78 is 41.1. The Morgan fingerprint density at radius 3 is 2.48 bits per heavy atom. The van der Waals surface area contributed by atoms with Crippen LogP contribution in [0.25, 0.3) is 0 Å². The van der Waals surface area contributed by atoms with Crippen molar-refractivity contribution in [2.75, 3.05) is 39.5 Å². The Hall–Kier alpha value is -1.87. The van der Waals surface area contributed by atoms with Crippen molar-refractivity contribution in [3.8, 4) is 5.75 Å². The third-order valence-electron chi connectivity index (χ3n) is 4.72. The van der Waals surface area contributed by atoms with E-state index in [9.17, 15) is 8.42 Å². The average molecular weight is 394 g/mol. The van der Waals surface area contributed by atoms with Gasteiger partial charge >= 0.3 is 0 Å². The molecule has 8 heteroatoms. The summed E-state index contributed by atoms with van der Waals surface area (Å²) >= 11 is 0. The quantitative estimate of drug-likeness (QED) is 0.740. The zero-order valence-corrected chi connectivity index (χ0v) is 16.6. The second-order valence-electron chi connectivity index (χ2n) is 6.46. The van der Waals surface area contributed by atoms with E-state index in [2.05, 4.69) is 9.62 Å². The van der Waals surface area contributed by atoms with Crippen molar-refractivity contribution in [1.82, 2.24) is 14.2 Å². The van der Waals surface area contributed by atoms with Gasteiger partial charge in [0.1, 0.15) is 5.75 Å². The Morgan fingerprint density at radius 2 is 1.89 bits per heavy atom. The summed E-state index contributed by atoms with van der Waals surface area (Å²) in [6, 6.07) is 10.4.